The maximum absolute atomic E-state index is 6.33. The third-order valence-electron chi connectivity index (χ3n) is 13.4. The maximum Gasteiger partial charge on any atom is 0.135 e. The average molecular weight is 714 g/mol. The molecule has 0 fully saturated rings. The molecule has 0 saturated carbocycles. The molecule has 0 unspecified atom stereocenters. The molecule has 9 aromatic carbocycles. The van der Waals surface area contributed by atoms with Crippen LogP contribution >= 0.6 is 0 Å². The smallest absolute Gasteiger partial charge is 0.135 e. The first kappa shape index (κ1) is 30.4. The highest BCUT2D eigenvalue weighted by atomic mass is 16.3. The second-order valence-corrected chi connectivity index (χ2v) is 16.4. The van der Waals surface area contributed by atoms with Gasteiger partial charge in [0.2, 0.25) is 0 Å². The lowest BCUT2D eigenvalue weighted by Crippen LogP contribution is -2.26. The van der Waals surface area contributed by atoms with Crippen molar-refractivity contribution in [2.45, 2.75) is 24.7 Å². The Kier molecular flexibility index (Phi) is 5.67. The van der Waals surface area contributed by atoms with Gasteiger partial charge in [-0.05, 0) is 126 Å². The Morgan fingerprint density at radius 2 is 0.929 bits per heavy atom. The lowest BCUT2D eigenvalue weighted by atomic mass is 9.70. The van der Waals surface area contributed by atoms with E-state index in [9.17, 15) is 0 Å². The van der Waals surface area contributed by atoms with Gasteiger partial charge < -0.3 is 9.32 Å². The van der Waals surface area contributed by atoms with Gasteiger partial charge in [0.25, 0.3) is 0 Å². The van der Waals surface area contributed by atoms with Gasteiger partial charge in [0.05, 0.1) is 5.41 Å². The largest absolute Gasteiger partial charge is 0.456 e. The van der Waals surface area contributed by atoms with E-state index in [1.54, 1.807) is 0 Å². The highest BCUT2D eigenvalue weighted by molar-refractivity contribution is 6.17. The number of hydrogen-bond acceptors (Lipinski definition) is 2. The third kappa shape index (κ3) is 3.63. The monoisotopic (exact) mass is 713 g/mol. The zero-order chi connectivity index (χ0) is 36.9. The molecule has 13 rings (SSSR count). The van der Waals surface area contributed by atoms with Gasteiger partial charge in [-0.3, -0.25) is 0 Å². The topological polar surface area (TPSA) is 16.4 Å². The Morgan fingerprint density at radius 1 is 0.375 bits per heavy atom. The molecule has 2 nitrogen and oxygen atoms in total. The summed E-state index contributed by atoms with van der Waals surface area (Å²) in [5, 5.41) is 7.62. The Bertz CT molecular complexity index is 3300. The first-order valence-electron chi connectivity index (χ1n) is 19.7. The molecule has 0 N–H and O–H groups in total. The molecule has 1 heterocycles. The summed E-state index contributed by atoms with van der Waals surface area (Å²) in [4.78, 5) is 2.46. The second-order valence-electron chi connectivity index (χ2n) is 16.4. The zero-order valence-electron chi connectivity index (χ0n) is 31.1. The predicted molar refractivity (Wildman–Crippen MR) is 232 cm³/mol. The summed E-state index contributed by atoms with van der Waals surface area (Å²) in [6.07, 6.45) is 0. The summed E-state index contributed by atoms with van der Waals surface area (Å²) in [6.45, 7) is 4.73. The number of benzene rings is 9. The van der Waals surface area contributed by atoms with Crippen LogP contribution in [0, 0.1) is 0 Å². The van der Waals surface area contributed by atoms with Crippen molar-refractivity contribution in [3.63, 3.8) is 0 Å². The lowest BCUT2D eigenvalue weighted by molar-refractivity contribution is 0.660. The molecule has 2 heteroatoms. The molecule has 3 aliphatic carbocycles. The number of rotatable bonds is 3. The highest BCUT2D eigenvalue weighted by Gasteiger charge is 2.50. The fourth-order valence-corrected chi connectivity index (χ4v) is 11.0. The Morgan fingerprint density at radius 3 is 1.71 bits per heavy atom. The van der Waals surface area contributed by atoms with Crippen molar-refractivity contribution in [3.05, 3.63) is 209 Å². The van der Waals surface area contributed by atoms with Crippen LogP contribution < -0.4 is 4.90 Å². The molecule has 0 amide bonds. The minimum Gasteiger partial charge on any atom is -0.456 e. The molecule has 3 aliphatic rings. The van der Waals surface area contributed by atoms with Crippen LogP contribution in [0.2, 0.25) is 0 Å². The quantitative estimate of drug-likeness (QED) is 0.170. The van der Waals surface area contributed by atoms with Crippen molar-refractivity contribution < 1.29 is 4.42 Å². The molecule has 0 bridgehead atoms. The van der Waals surface area contributed by atoms with E-state index in [0.717, 1.165) is 39.0 Å². The van der Waals surface area contributed by atoms with E-state index in [0.29, 0.717) is 0 Å². The fourth-order valence-electron chi connectivity index (χ4n) is 11.0. The van der Waals surface area contributed by atoms with Gasteiger partial charge in [0, 0.05) is 33.2 Å². The summed E-state index contributed by atoms with van der Waals surface area (Å²) in [7, 11) is 0. The van der Waals surface area contributed by atoms with Crippen LogP contribution in [-0.4, -0.2) is 0 Å². The van der Waals surface area contributed by atoms with Crippen LogP contribution in [-0.2, 0) is 10.8 Å². The number of hydrogen-bond donors (Lipinski definition) is 0. The highest BCUT2D eigenvalue weighted by Crippen LogP contribution is 2.63. The van der Waals surface area contributed by atoms with Gasteiger partial charge in [-0.25, -0.2) is 0 Å². The van der Waals surface area contributed by atoms with Crippen molar-refractivity contribution in [1.82, 2.24) is 0 Å². The Labute approximate surface area is 324 Å². The average Bonchev–Trinajstić information content (AvgIpc) is 3.93. The standard InChI is InChI=1S/C54H35NO/c1-53(2)43-16-6-3-13-37(43)39-26-23-36(31-48(39)53)55(35-25-28-50-42(30-35)40-15-5-8-20-49(40)56-50)34-24-27-45-41(29-34)38-14-4-7-17-44(38)54(45)46-18-9-11-32-21-22-33-12-10-19-47(54)52(33)51(32)46/h3-31H,1-2H3. The van der Waals surface area contributed by atoms with E-state index in [1.165, 1.54) is 77.2 Å². The van der Waals surface area contributed by atoms with Gasteiger partial charge in [-0.15, -0.1) is 0 Å². The molecule has 1 aromatic heterocycles. The van der Waals surface area contributed by atoms with Crippen LogP contribution in [0.5, 0.6) is 0 Å². The van der Waals surface area contributed by atoms with Crippen LogP contribution in [0.4, 0.5) is 17.1 Å². The predicted octanol–water partition coefficient (Wildman–Crippen LogP) is 14.3. The third-order valence-corrected chi connectivity index (χ3v) is 13.4. The molecule has 0 aliphatic heterocycles. The van der Waals surface area contributed by atoms with Crippen molar-refractivity contribution in [2.24, 2.45) is 0 Å². The van der Waals surface area contributed by atoms with Crippen molar-refractivity contribution in [1.29, 1.82) is 0 Å². The normalized spacial score (nSPS) is 14.9. The summed E-state index contributed by atoms with van der Waals surface area (Å²) in [5.74, 6) is 0. The molecule has 0 saturated heterocycles. The van der Waals surface area contributed by atoms with Crippen molar-refractivity contribution in [2.75, 3.05) is 4.90 Å². The second kappa shape index (κ2) is 10.4. The van der Waals surface area contributed by atoms with Crippen LogP contribution in [0.15, 0.2) is 180 Å². The molecule has 10 aromatic rings. The van der Waals surface area contributed by atoms with Gasteiger partial charge in [-0.2, -0.15) is 0 Å². The van der Waals surface area contributed by atoms with Gasteiger partial charge >= 0.3 is 0 Å². The lowest BCUT2D eigenvalue weighted by Gasteiger charge is -2.32. The number of furan rings is 1. The number of nitrogens with zero attached hydrogens (tertiary/aromatic N) is 1. The van der Waals surface area contributed by atoms with Crippen molar-refractivity contribution >= 4 is 60.5 Å². The first-order valence-corrected chi connectivity index (χ1v) is 19.7. The van der Waals surface area contributed by atoms with E-state index in [-0.39, 0.29) is 5.41 Å². The zero-order valence-corrected chi connectivity index (χ0v) is 31.1. The van der Waals surface area contributed by atoms with E-state index in [2.05, 4.69) is 189 Å². The minimum absolute atomic E-state index is 0.124. The molecule has 0 radical (unpaired) electrons. The van der Waals surface area contributed by atoms with Gasteiger partial charge in [0.1, 0.15) is 11.2 Å². The van der Waals surface area contributed by atoms with Gasteiger partial charge in [0.15, 0.2) is 0 Å². The SMILES string of the molecule is CC1(C)c2ccccc2-c2ccc(N(c3ccc4c(c3)-c3ccccc3C43c4cccc5ccc6cccc3c6c45)c3ccc4oc5ccccc5c4c3)cc21. The van der Waals surface area contributed by atoms with Crippen LogP contribution in [0.1, 0.15) is 47.2 Å². The molecule has 0 atom stereocenters. The summed E-state index contributed by atoms with van der Waals surface area (Å²) < 4.78 is 6.33. The van der Waals surface area contributed by atoms with Crippen LogP contribution in [0.25, 0.3) is 65.7 Å². The van der Waals surface area contributed by atoms with E-state index in [4.69, 9.17) is 4.42 Å². The number of anilines is 3. The summed E-state index contributed by atoms with van der Waals surface area (Å²) in [5.41, 5.74) is 18.1. The Hall–Kier alpha value is -6.90. The van der Waals surface area contributed by atoms with E-state index in [1.807, 2.05) is 6.07 Å². The molecule has 56 heavy (non-hydrogen) atoms. The molecular formula is C54H35NO. The Balaban J connectivity index is 1.07. The minimum atomic E-state index is -0.393. The van der Waals surface area contributed by atoms with Crippen LogP contribution in [0.3, 0.4) is 0 Å². The summed E-state index contributed by atoms with van der Waals surface area (Å²) in [6, 6.07) is 65.8. The summed E-state index contributed by atoms with van der Waals surface area (Å²) >= 11 is 0. The maximum atomic E-state index is 6.33. The fraction of sp³-hybridized carbons (Fsp3) is 0.0741. The number of fused-ring (bicyclic) bond motifs is 13. The van der Waals surface area contributed by atoms with E-state index >= 15 is 0 Å². The van der Waals surface area contributed by atoms with Gasteiger partial charge in [-0.1, -0.05) is 141 Å². The molecule has 262 valence electrons. The van der Waals surface area contributed by atoms with E-state index < -0.39 is 5.41 Å². The molecular weight excluding hydrogens is 679 g/mol. The molecule has 1 spiro atoms. The van der Waals surface area contributed by atoms with Crippen molar-refractivity contribution in [3.8, 4) is 22.3 Å². The first-order chi connectivity index (χ1) is 27.5. The number of para-hydroxylation sites is 1.